The number of rotatable bonds is 7. The Labute approximate surface area is 224 Å². The van der Waals surface area contributed by atoms with Crippen molar-refractivity contribution in [3.8, 4) is 5.75 Å². The summed E-state index contributed by atoms with van der Waals surface area (Å²) in [5.41, 5.74) is 2.37. The Morgan fingerprint density at radius 3 is 2.44 bits per heavy atom. The van der Waals surface area contributed by atoms with Crippen molar-refractivity contribution >= 4 is 34.5 Å². The zero-order chi connectivity index (χ0) is 28.5. The van der Waals surface area contributed by atoms with E-state index in [1.165, 1.54) is 38.3 Å². The zero-order valence-corrected chi connectivity index (χ0v) is 22.6. The molecular weight excluding hydrogens is 513 g/mol. The third-order valence-corrected chi connectivity index (χ3v) is 6.93. The fraction of sp³-hybridized carbons (Fsp3) is 0.464. The SMILES string of the molecule is COC(=O)C(C)NC(=O)c1ccc2c(c1)nc(Nc1ccc(OC(F)(F)F)cc1)n2[C@H]1C[C@@H](C)CC(C)(C)C1. The van der Waals surface area contributed by atoms with Crippen molar-refractivity contribution < 1.29 is 32.2 Å². The van der Waals surface area contributed by atoms with Gasteiger partial charge in [-0.05, 0) is 80.0 Å². The molecule has 2 aromatic carbocycles. The predicted octanol–water partition coefficient (Wildman–Crippen LogP) is 6.36. The highest BCUT2D eigenvalue weighted by Crippen LogP contribution is 2.46. The molecule has 1 aromatic heterocycles. The van der Waals surface area contributed by atoms with Crippen LogP contribution in [0.3, 0.4) is 0 Å². The molecule has 1 amide bonds. The van der Waals surface area contributed by atoms with Crippen LogP contribution in [-0.4, -0.2) is 40.9 Å². The maximum absolute atomic E-state index is 12.8. The van der Waals surface area contributed by atoms with Crippen molar-refractivity contribution in [1.29, 1.82) is 0 Å². The number of nitrogens with one attached hydrogen (secondary N) is 2. The van der Waals surface area contributed by atoms with Crippen molar-refractivity contribution in [3.05, 3.63) is 48.0 Å². The number of aromatic nitrogens is 2. The lowest BCUT2D eigenvalue weighted by molar-refractivity contribution is -0.274. The molecule has 0 bridgehead atoms. The van der Waals surface area contributed by atoms with E-state index >= 15 is 0 Å². The summed E-state index contributed by atoms with van der Waals surface area (Å²) in [5.74, 6) is -0.314. The van der Waals surface area contributed by atoms with Crippen LogP contribution in [0.1, 0.15) is 63.4 Å². The molecule has 1 unspecified atom stereocenters. The lowest BCUT2D eigenvalue weighted by Gasteiger charge is -2.40. The molecule has 1 saturated carbocycles. The van der Waals surface area contributed by atoms with E-state index in [-0.39, 0.29) is 17.2 Å². The number of benzene rings is 2. The first-order valence-corrected chi connectivity index (χ1v) is 12.8. The highest BCUT2D eigenvalue weighted by Gasteiger charge is 2.35. The molecule has 1 aliphatic rings. The fourth-order valence-corrected chi connectivity index (χ4v) is 5.57. The molecule has 0 radical (unpaired) electrons. The Kier molecular flexibility index (Phi) is 7.81. The summed E-state index contributed by atoms with van der Waals surface area (Å²) in [5, 5.41) is 5.87. The van der Waals surface area contributed by atoms with Gasteiger partial charge in [-0.2, -0.15) is 0 Å². The van der Waals surface area contributed by atoms with E-state index in [2.05, 4.69) is 45.4 Å². The number of ether oxygens (including phenoxy) is 2. The standard InChI is InChI=1S/C28H33F3N4O4/c1-16-12-20(15-27(3,4)14-16)35-23-11-6-18(24(36)32-17(2)25(37)38-5)13-22(23)34-26(35)33-19-7-9-21(10-8-19)39-28(29,30)31/h6-11,13,16-17,20H,12,14-15H2,1-5H3,(H,32,36)(H,33,34)/t16-,17?,20+/m1/s1. The van der Waals surface area contributed by atoms with E-state index < -0.39 is 24.3 Å². The average Bonchev–Trinajstić information content (AvgIpc) is 3.19. The van der Waals surface area contributed by atoms with Gasteiger partial charge in [0.15, 0.2) is 0 Å². The number of amides is 1. The minimum atomic E-state index is -4.77. The second-order valence-electron chi connectivity index (χ2n) is 11.0. The first kappa shape index (κ1) is 28.3. The Bertz CT molecular complexity index is 1350. The Morgan fingerprint density at radius 1 is 1.13 bits per heavy atom. The molecule has 0 saturated heterocycles. The van der Waals surface area contributed by atoms with Crippen LogP contribution in [0.2, 0.25) is 0 Å². The minimum Gasteiger partial charge on any atom is -0.467 e. The van der Waals surface area contributed by atoms with Gasteiger partial charge in [0.2, 0.25) is 5.95 Å². The second-order valence-corrected chi connectivity index (χ2v) is 11.0. The van der Waals surface area contributed by atoms with Crippen molar-refractivity contribution in [2.24, 2.45) is 11.3 Å². The first-order chi connectivity index (χ1) is 18.2. The fourth-order valence-electron chi connectivity index (χ4n) is 5.57. The highest BCUT2D eigenvalue weighted by molar-refractivity contribution is 5.99. The first-order valence-electron chi connectivity index (χ1n) is 12.8. The third-order valence-electron chi connectivity index (χ3n) is 6.93. The Morgan fingerprint density at radius 2 is 1.82 bits per heavy atom. The van der Waals surface area contributed by atoms with Crippen LogP contribution < -0.4 is 15.4 Å². The molecule has 39 heavy (non-hydrogen) atoms. The van der Waals surface area contributed by atoms with E-state index in [1.807, 2.05) is 6.07 Å². The molecule has 2 N–H and O–H groups in total. The van der Waals surface area contributed by atoms with Gasteiger partial charge in [-0.25, -0.2) is 9.78 Å². The monoisotopic (exact) mass is 546 g/mol. The molecular formula is C28H33F3N4O4. The van der Waals surface area contributed by atoms with Crippen LogP contribution in [0.4, 0.5) is 24.8 Å². The number of fused-ring (bicyclic) bond motifs is 1. The Balaban J connectivity index is 1.70. The molecule has 4 rings (SSSR count). The molecule has 3 aromatic rings. The van der Waals surface area contributed by atoms with Crippen LogP contribution in [-0.2, 0) is 9.53 Å². The van der Waals surface area contributed by atoms with Gasteiger partial charge in [0, 0.05) is 17.3 Å². The quantitative estimate of drug-likeness (QED) is 0.335. The molecule has 1 heterocycles. The number of carbonyl (C=O) groups is 2. The molecule has 0 spiro atoms. The summed E-state index contributed by atoms with van der Waals surface area (Å²) >= 11 is 0. The molecule has 0 aliphatic heterocycles. The van der Waals surface area contributed by atoms with Crippen LogP contribution in [0.15, 0.2) is 42.5 Å². The number of methoxy groups -OCH3 is 1. The van der Waals surface area contributed by atoms with E-state index in [0.717, 1.165) is 24.8 Å². The van der Waals surface area contributed by atoms with Gasteiger partial charge in [0.05, 0.1) is 18.1 Å². The summed E-state index contributed by atoms with van der Waals surface area (Å²) in [7, 11) is 1.25. The van der Waals surface area contributed by atoms with Crippen LogP contribution in [0.25, 0.3) is 11.0 Å². The minimum absolute atomic E-state index is 0.108. The van der Waals surface area contributed by atoms with Gasteiger partial charge in [-0.15, -0.1) is 13.2 Å². The lowest BCUT2D eigenvalue weighted by Crippen LogP contribution is -2.39. The normalized spacial score (nSPS) is 19.8. The zero-order valence-electron chi connectivity index (χ0n) is 22.6. The van der Waals surface area contributed by atoms with Gasteiger partial charge in [-0.3, -0.25) is 4.79 Å². The highest BCUT2D eigenvalue weighted by atomic mass is 19.4. The summed E-state index contributed by atoms with van der Waals surface area (Å²) in [4.78, 5) is 29.3. The number of nitrogens with zero attached hydrogens (tertiary/aromatic N) is 2. The number of hydrogen-bond donors (Lipinski definition) is 2. The topological polar surface area (TPSA) is 94.5 Å². The van der Waals surface area contributed by atoms with Crippen molar-refractivity contribution in [1.82, 2.24) is 14.9 Å². The van der Waals surface area contributed by atoms with Crippen molar-refractivity contribution in [2.45, 2.75) is 65.4 Å². The number of carbonyl (C=O) groups excluding carboxylic acids is 2. The molecule has 210 valence electrons. The summed E-state index contributed by atoms with van der Waals surface area (Å²) in [6, 6.07) is 9.93. The van der Waals surface area contributed by atoms with Gasteiger partial charge in [-0.1, -0.05) is 20.8 Å². The number of esters is 1. The van der Waals surface area contributed by atoms with E-state index in [0.29, 0.717) is 28.6 Å². The van der Waals surface area contributed by atoms with E-state index in [9.17, 15) is 22.8 Å². The third kappa shape index (κ3) is 6.82. The number of halogens is 3. The summed E-state index contributed by atoms with van der Waals surface area (Å²) in [6.45, 7) is 8.25. The van der Waals surface area contributed by atoms with Gasteiger partial charge >= 0.3 is 12.3 Å². The van der Waals surface area contributed by atoms with E-state index in [4.69, 9.17) is 4.98 Å². The van der Waals surface area contributed by atoms with Gasteiger partial charge in [0.1, 0.15) is 11.8 Å². The van der Waals surface area contributed by atoms with Crippen LogP contribution in [0.5, 0.6) is 5.75 Å². The molecule has 1 fully saturated rings. The maximum atomic E-state index is 12.8. The second kappa shape index (κ2) is 10.8. The molecule has 8 nitrogen and oxygen atoms in total. The van der Waals surface area contributed by atoms with Crippen molar-refractivity contribution in [3.63, 3.8) is 0 Å². The predicted molar refractivity (Wildman–Crippen MR) is 141 cm³/mol. The van der Waals surface area contributed by atoms with Gasteiger partial charge < -0.3 is 24.7 Å². The van der Waals surface area contributed by atoms with Crippen LogP contribution in [0, 0.1) is 11.3 Å². The average molecular weight is 547 g/mol. The number of anilines is 2. The number of hydrogen-bond acceptors (Lipinski definition) is 6. The van der Waals surface area contributed by atoms with Crippen molar-refractivity contribution in [2.75, 3.05) is 12.4 Å². The smallest absolute Gasteiger partial charge is 0.467 e. The van der Waals surface area contributed by atoms with E-state index in [1.54, 1.807) is 12.1 Å². The largest absolute Gasteiger partial charge is 0.573 e. The Hall–Kier alpha value is -3.76. The molecule has 3 atom stereocenters. The lowest BCUT2D eigenvalue weighted by atomic mass is 9.70. The van der Waals surface area contributed by atoms with Gasteiger partial charge in [0.25, 0.3) is 5.91 Å². The maximum Gasteiger partial charge on any atom is 0.573 e. The van der Waals surface area contributed by atoms with Crippen LogP contribution >= 0.6 is 0 Å². The summed E-state index contributed by atoms with van der Waals surface area (Å²) < 4.78 is 48.5. The number of imidazole rings is 1. The molecule has 11 heteroatoms. The summed E-state index contributed by atoms with van der Waals surface area (Å²) in [6.07, 6.45) is -1.83. The molecule has 1 aliphatic carbocycles. The number of alkyl halides is 3.